The van der Waals surface area contributed by atoms with Gasteiger partial charge in [-0.3, -0.25) is 9.59 Å². The van der Waals surface area contributed by atoms with Crippen molar-refractivity contribution in [2.75, 3.05) is 39.6 Å². The number of ketones is 2. The number of epoxide rings is 2. The van der Waals surface area contributed by atoms with E-state index in [4.69, 9.17) is 18.9 Å². The zero-order chi connectivity index (χ0) is 19.9. The highest BCUT2D eigenvalue weighted by molar-refractivity contribution is 5.99. The van der Waals surface area contributed by atoms with Crippen LogP contribution in [0.3, 0.4) is 0 Å². The molecule has 6 nitrogen and oxygen atoms in total. The van der Waals surface area contributed by atoms with Crippen LogP contribution in [0, 0.1) is 10.8 Å². The maximum Gasteiger partial charge on any atom is 0.140 e. The van der Waals surface area contributed by atoms with E-state index in [1.165, 1.54) is 0 Å². The van der Waals surface area contributed by atoms with Gasteiger partial charge in [-0.05, 0) is 23.7 Å². The molecular weight excluding hydrogens is 348 g/mol. The average Bonchev–Trinajstić information content (AvgIpc) is 3.42. The van der Waals surface area contributed by atoms with Crippen molar-refractivity contribution in [3.8, 4) is 0 Å². The van der Waals surface area contributed by atoms with Crippen molar-refractivity contribution in [2.45, 2.75) is 72.0 Å². The van der Waals surface area contributed by atoms with Gasteiger partial charge in [-0.2, -0.15) is 0 Å². The largest absolute Gasteiger partial charge is 0.379 e. The van der Waals surface area contributed by atoms with E-state index >= 15 is 0 Å². The van der Waals surface area contributed by atoms with Crippen molar-refractivity contribution >= 4 is 11.6 Å². The van der Waals surface area contributed by atoms with Gasteiger partial charge < -0.3 is 18.9 Å². The van der Waals surface area contributed by atoms with Crippen molar-refractivity contribution in [1.29, 1.82) is 0 Å². The van der Waals surface area contributed by atoms with E-state index in [9.17, 15) is 9.59 Å². The molecular formula is C21H36O6. The van der Waals surface area contributed by atoms with Crippen LogP contribution in [0.5, 0.6) is 0 Å². The first-order chi connectivity index (χ1) is 12.7. The molecule has 0 aromatic rings. The van der Waals surface area contributed by atoms with Crippen molar-refractivity contribution in [3.05, 3.63) is 0 Å². The lowest BCUT2D eigenvalue weighted by atomic mass is 9.80. The molecule has 156 valence electrons. The predicted molar refractivity (Wildman–Crippen MR) is 102 cm³/mol. The molecule has 2 aliphatic rings. The summed E-state index contributed by atoms with van der Waals surface area (Å²) in [6.45, 7) is 12.3. The van der Waals surface area contributed by atoms with E-state index in [0.717, 1.165) is 26.1 Å². The van der Waals surface area contributed by atoms with Crippen molar-refractivity contribution < 1.29 is 28.5 Å². The molecule has 0 amide bonds. The fourth-order valence-electron chi connectivity index (χ4n) is 3.04. The third-order valence-electron chi connectivity index (χ3n) is 5.00. The fourth-order valence-corrected chi connectivity index (χ4v) is 3.04. The minimum atomic E-state index is -0.157. The number of carbonyl (C=O) groups is 2. The molecule has 27 heavy (non-hydrogen) atoms. The van der Waals surface area contributed by atoms with Gasteiger partial charge in [0.1, 0.15) is 23.8 Å². The molecule has 2 heterocycles. The smallest absolute Gasteiger partial charge is 0.140 e. The van der Waals surface area contributed by atoms with E-state index in [2.05, 4.69) is 27.7 Å². The van der Waals surface area contributed by atoms with Crippen LogP contribution in [0.4, 0.5) is 0 Å². The molecule has 2 atom stereocenters. The maximum atomic E-state index is 12.3. The summed E-state index contributed by atoms with van der Waals surface area (Å²) in [7, 11) is 0. The molecule has 2 fully saturated rings. The van der Waals surface area contributed by atoms with Gasteiger partial charge in [-0.25, -0.2) is 0 Å². The third-order valence-corrected chi connectivity index (χ3v) is 5.00. The molecule has 0 radical (unpaired) electrons. The first kappa shape index (κ1) is 22.5. The monoisotopic (exact) mass is 384 g/mol. The highest BCUT2D eigenvalue weighted by Gasteiger charge is 2.28. The van der Waals surface area contributed by atoms with Crippen molar-refractivity contribution in [3.63, 3.8) is 0 Å². The van der Waals surface area contributed by atoms with Gasteiger partial charge in [0.05, 0.1) is 32.8 Å². The van der Waals surface area contributed by atoms with E-state index in [1.807, 2.05) is 0 Å². The number of Topliss-reactive ketones (excluding diaryl/α,β-unsaturated/α-hetero) is 2. The molecule has 6 heteroatoms. The summed E-state index contributed by atoms with van der Waals surface area (Å²) in [4.78, 5) is 24.7. The van der Waals surface area contributed by atoms with Gasteiger partial charge in [-0.1, -0.05) is 27.7 Å². The van der Waals surface area contributed by atoms with Gasteiger partial charge in [0.25, 0.3) is 0 Å². The van der Waals surface area contributed by atoms with Gasteiger partial charge in [-0.15, -0.1) is 0 Å². The quantitative estimate of drug-likeness (QED) is 0.231. The van der Waals surface area contributed by atoms with Crippen LogP contribution in [-0.4, -0.2) is 63.4 Å². The summed E-state index contributed by atoms with van der Waals surface area (Å²) in [5.41, 5.74) is -0.313. The van der Waals surface area contributed by atoms with Gasteiger partial charge in [0.15, 0.2) is 0 Å². The lowest BCUT2D eigenvalue weighted by Crippen LogP contribution is -2.24. The molecule has 2 saturated heterocycles. The highest BCUT2D eigenvalue weighted by Crippen LogP contribution is 2.29. The number of rotatable bonds is 16. The Kier molecular flexibility index (Phi) is 8.40. The molecule has 0 saturated carbocycles. The highest BCUT2D eigenvalue weighted by atomic mass is 16.6. The molecule has 2 unspecified atom stereocenters. The zero-order valence-electron chi connectivity index (χ0n) is 17.4. The van der Waals surface area contributed by atoms with Crippen LogP contribution in [-0.2, 0) is 28.5 Å². The Morgan fingerprint density at radius 2 is 1.19 bits per heavy atom. The van der Waals surface area contributed by atoms with E-state index < -0.39 is 0 Å². The number of hydrogen-bond donors (Lipinski definition) is 0. The first-order valence-electron chi connectivity index (χ1n) is 10.1. The van der Waals surface area contributed by atoms with E-state index in [0.29, 0.717) is 39.3 Å². The second kappa shape index (κ2) is 10.1. The molecule has 2 aliphatic heterocycles. The maximum absolute atomic E-state index is 12.3. The molecule has 0 aromatic carbocycles. The topological polar surface area (TPSA) is 77.7 Å². The van der Waals surface area contributed by atoms with Crippen LogP contribution in [0.2, 0.25) is 0 Å². The van der Waals surface area contributed by atoms with Gasteiger partial charge >= 0.3 is 0 Å². The molecule has 0 bridgehead atoms. The zero-order valence-corrected chi connectivity index (χ0v) is 17.4. The Bertz CT molecular complexity index is 447. The van der Waals surface area contributed by atoms with E-state index in [-0.39, 0.29) is 41.0 Å². The number of carbonyl (C=O) groups excluding carboxylic acids is 2. The van der Waals surface area contributed by atoms with Gasteiger partial charge in [0.2, 0.25) is 0 Å². The van der Waals surface area contributed by atoms with Crippen molar-refractivity contribution in [2.24, 2.45) is 10.8 Å². The Hall–Kier alpha value is -0.820. The molecule has 2 rings (SSSR count). The summed E-state index contributed by atoms with van der Waals surface area (Å²) in [6, 6.07) is 0. The normalized spacial score (nSPS) is 21.9. The fraction of sp³-hybridized carbons (Fsp3) is 0.905. The summed E-state index contributed by atoms with van der Waals surface area (Å²) in [6.07, 6.45) is 2.98. The summed E-state index contributed by atoms with van der Waals surface area (Å²) in [5, 5.41) is 0. The third kappa shape index (κ3) is 10.9. The van der Waals surface area contributed by atoms with Crippen LogP contribution in [0.25, 0.3) is 0 Å². The number of hydrogen-bond acceptors (Lipinski definition) is 6. The SMILES string of the molecule is CC(C)(CCOCC1CO1)CC(=O)CC(=O)CC(C)(C)CCOCC1CO1. The average molecular weight is 385 g/mol. The van der Waals surface area contributed by atoms with Crippen LogP contribution in [0.15, 0.2) is 0 Å². The minimum absolute atomic E-state index is 0.0217. The Morgan fingerprint density at radius 1 is 0.815 bits per heavy atom. The molecule has 0 aromatic heterocycles. The molecule has 0 spiro atoms. The predicted octanol–water partition coefficient (Wildman–Crippen LogP) is 2.96. The Morgan fingerprint density at radius 3 is 1.52 bits per heavy atom. The first-order valence-corrected chi connectivity index (χ1v) is 10.1. The lowest BCUT2D eigenvalue weighted by Gasteiger charge is -2.25. The summed E-state index contributed by atoms with van der Waals surface area (Å²) >= 11 is 0. The van der Waals surface area contributed by atoms with Crippen LogP contribution >= 0.6 is 0 Å². The second-order valence-electron chi connectivity index (χ2n) is 9.50. The van der Waals surface area contributed by atoms with Crippen molar-refractivity contribution in [1.82, 2.24) is 0 Å². The Labute approximate surface area is 163 Å². The minimum Gasteiger partial charge on any atom is -0.379 e. The van der Waals surface area contributed by atoms with E-state index in [1.54, 1.807) is 0 Å². The lowest BCUT2D eigenvalue weighted by molar-refractivity contribution is -0.129. The molecule has 0 aliphatic carbocycles. The summed E-state index contributed by atoms with van der Waals surface area (Å²) in [5.74, 6) is 0.0434. The second-order valence-corrected chi connectivity index (χ2v) is 9.50. The van der Waals surface area contributed by atoms with Gasteiger partial charge in [0, 0.05) is 26.1 Å². The summed E-state index contributed by atoms with van der Waals surface area (Å²) < 4.78 is 21.3. The van der Waals surface area contributed by atoms with Crippen LogP contribution in [0.1, 0.15) is 59.8 Å². The standard InChI is InChI=1S/C21H36O6/c1-20(2,5-7-24-12-18-14-26-18)10-16(22)9-17(23)11-21(3,4)6-8-25-13-19-15-27-19/h18-19H,5-15H2,1-4H3. The Balaban J connectivity index is 1.58. The van der Waals surface area contributed by atoms with Crippen LogP contribution < -0.4 is 0 Å². The number of ether oxygens (including phenoxy) is 4. The molecule has 0 N–H and O–H groups in total.